The molecule has 2 aliphatic heterocycles. The smallest absolute Gasteiger partial charge is 0.306 e. The normalized spacial score (nSPS) is 14.6. The van der Waals surface area contributed by atoms with Gasteiger partial charge in [0.1, 0.15) is 44.9 Å². The number of carbonyl (C=O) groups is 5. The largest absolute Gasteiger partial charge is 0.505 e. The summed E-state index contributed by atoms with van der Waals surface area (Å²) in [6.07, 6.45) is 6.51. The molecule has 0 spiro atoms. The van der Waals surface area contributed by atoms with Gasteiger partial charge in [0, 0.05) is 36.1 Å². The van der Waals surface area contributed by atoms with Gasteiger partial charge in [0.25, 0.3) is 23.6 Å². The van der Waals surface area contributed by atoms with Gasteiger partial charge in [-0.25, -0.2) is 0 Å². The molecule has 0 saturated carbocycles. The molecular weight excluding hydrogens is 1060 g/mol. The summed E-state index contributed by atoms with van der Waals surface area (Å²) >= 11 is 0. The highest BCUT2D eigenvalue weighted by Gasteiger charge is 2.40. The highest BCUT2D eigenvalue weighted by atomic mass is 16.5. The first kappa shape index (κ1) is 60.8. The average molecular weight is 1140 g/mol. The molecule has 9 rings (SSSR count). The molecule has 2 aliphatic rings. The Morgan fingerprint density at radius 1 is 0.571 bits per heavy atom. The van der Waals surface area contributed by atoms with Crippen LogP contribution in [0.5, 0.6) is 11.5 Å². The van der Waals surface area contributed by atoms with E-state index in [1.165, 1.54) is 19.4 Å². The summed E-state index contributed by atoms with van der Waals surface area (Å²) in [6.45, 7) is 30.9. The minimum absolute atomic E-state index is 0.0144. The number of carbonyl (C=O) groups excluding carboxylic acids is 5. The fourth-order valence-corrected chi connectivity index (χ4v) is 12.6. The van der Waals surface area contributed by atoms with Crippen molar-refractivity contribution < 1.29 is 38.9 Å². The van der Waals surface area contributed by atoms with Gasteiger partial charge in [0.15, 0.2) is 0 Å². The average Bonchev–Trinajstić information content (AvgIpc) is 2.28. The van der Waals surface area contributed by atoms with Crippen molar-refractivity contribution in [2.45, 2.75) is 177 Å². The maximum absolute atomic E-state index is 13.5. The lowest BCUT2D eigenvalue weighted by molar-refractivity contribution is -0.145. The third-order valence-electron chi connectivity index (χ3n) is 17.2. The number of phenolic OH excluding ortho intramolecular Hbond substituents is 2. The van der Waals surface area contributed by atoms with Crippen LogP contribution in [0.3, 0.4) is 0 Å². The van der Waals surface area contributed by atoms with E-state index in [4.69, 9.17) is 25.1 Å². The van der Waals surface area contributed by atoms with E-state index >= 15 is 0 Å². The van der Waals surface area contributed by atoms with Gasteiger partial charge in [0.2, 0.25) is 0 Å². The summed E-state index contributed by atoms with van der Waals surface area (Å²) < 4.78 is 5.78. The number of aromatic hydroxyl groups is 2. The first-order valence-electron chi connectivity index (χ1n) is 29.9. The first-order valence-corrected chi connectivity index (χ1v) is 29.9. The molecule has 1 atom stereocenters. The van der Waals surface area contributed by atoms with Crippen LogP contribution in [0.25, 0.3) is 33.4 Å². The van der Waals surface area contributed by atoms with Crippen LogP contribution in [-0.2, 0) is 32.2 Å². The topological polar surface area (TPSA) is 203 Å². The van der Waals surface area contributed by atoms with E-state index in [0.717, 1.165) is 42.4 Å². The number of esters is 1. The number of benzene rings is 5. The number of rotatable bonds is 23. The number of imide groups is 2. The number of nitrogens with zero attached hydrogens (tertiary/aromatic N) is 8. The summed E-state index contributed by atoms with van der Waals surface area (Å²) in [4.78, 5) is 72.6. The molecule has 7 aromatic rings. The number of hydrogen-bond acceptors (Lipinski definition) is 12. The predicted octanol–water partition coefficient (Wildman–Crippen LogP) is 13.7. The molecule has 0 radical (unpaired) electrons. The summed E-state index contributed by atoms with van der Waals surface area (Å²) in [5.74, 6) is -1.53. The molecule has 444 valence electrons. The van der Waals surface area contributed by atoms with Crippen LogP contribution < -0.4 is 0 Å². The van der Waals surface area contributed by atoms with Crippen LogP contribution in [0, 0.1) is 16.7 Å². The molecule has 16 heteroatoms. The lowest BCUT2D eigenvalue weighted by atomic mass is 9.66. The standard InChI is InChI=1S/C68H84N8O8/c1-15-17-28-73-60(80)45-34-51-52(35-46(45)61(73)81)70-75(69-51)55-31-42(24-25-57(77)84-39-41(3)38-64(4,5)6)30-49(58(55)78)66(9,10)27-26-65(7,8)40-67(11,12)44-32-50(68(13,14)43-22-20-19-21-23-43)59(79)56(33-44)76-71-53-36-47-48(37-54(53)72-76)63(83)74(62(47)82)29-18-16-2/h19-23,30-37,41,78-79H,15-18,24-29,38-40H2,1-14H3. The highest BCUT2D eigenvalue weighted by Crippen LogP contribution is 2.48. The van der Waals surface area contributed by atoms with E-state index in [9.17, 15) is 34.2 Å². The Bertz CT molecular complexity index is 3610. The lowest BCUT2D eigenvalue weighted by Gasteiger charge is -2.39. The molecular formula is C68H84N8O8. The second-order valence-corrected chi connectivity index (χ2v) is 27.5. The van der Waals surface area contributed by atoms with Gasteiger partial charge in [-0.05, 0) is 126 Å². The third kappa shape index (κ3) is 12.3. The summed E-state index contributed by atoms with van der Waals surface area (Å²) in [7, 11) is 0. The molecule has 2 aromatic heterocycles. The zero-order valence-electron chi connectivity index (χ0n) is 51.7. The van der Waals surface area contributed by atoms with E-state index in [0.29, 0.717) is 107 Å². The van der Waals surface area contributed by atoms with Gasteiger partial charge in [-0.3, -0.25) is 33.8 Å². The summed E-state index contributed by atoms with van der Waals surface area (Å²) in [5.41, 5.74) is 5.51. The first-order chi connectivity index (χ1) is 39.4. The second-order valence-electron chi connectivity index (χ2n) is 27.5. The maximum Gasteiger partial charge on any atom is 0.306 e. The summed E-state index contributed by atoms with van der Waals surface area (Å²) in [5, 5.41) is 44.2. The van der Waals surface area contributed by atoms with Crippen LogP contribution in [0.2, 0.25) is 0 Å². The third-order valence-corrected chi connectivity index (χ3v) is 17.2. The molecule has 0 fully saturated rings. The van der Waals surface area contributed by atoms with Gasteiger partial charge in [-0.1, -0.05) is 152 Å². The monoisotopic (exact) mass is 1140 g/mol. The van der Waals surface area contributed by atoms with Gasteiger partial charge < -0.3 is 14.9 Å². The fourth-order valence-electron chi connectivity index (χ4n) is 12.6. The number of phenols is 2. The van der Waals surface area contributed by atoms with E-state index < -0.39 is 16.2 Å². The minimum Gasteiger partial charge on any atom is -0.505 e. The lowest BCUT2D eigenvalue weighted by Crippen LogP contribution is -2.30. The van der Waals surface area contributed by atoms with Crippen LogP contribution in [0.4, 0.5) is 0 Å². The fraction of sp³-hybridized carbons (Fsp3) is 0.485. The Hall–Kier alpha value is -7.75. The molecule has 0 aliphatic carbocycles. The molecule has 0 bridgehead atoms. The number of fused-ring (bicyclic) bond motifs is 4. The van der Waals surface area contributed by atoms with Crippen LogP contribution >= 0.6 is 0 Å². The van der Waals surface area contributed by atoms with E-state index in [2.05, 4.69) is 101 Å². The van der Waals surface area contributed by atoms with E-state index in [1.54, 1.807) is 30.3 Å². The number of ether oxygens (including phenoxy) is 1. The van der Waals surface area contributed by atoms with Crippen LogP contribution in [0.1, 0.15) is 224 Å². The maximum atomic E-state index is 13.5. The van der Waals surface area contributed by atoms with Gasteiger partial charge in [-0.15, -0.1) is 30.0 Å². The molecule has 1 unspecified atom stereocenters. The van der Waals surface area contributed by atoms with Crippen LogP contribution in [0.15, 0.2) is 78.9 Å². The number of amides is 4. The number of hydrogen-bond donors (Lipinski definition) is 2. The Morgan fingerprint density at radius 2 is 1.04 bits per heavy atom. The molecule has 16 nitrogen and oxygen atoms in total. The highest BCUT2D eigenvalue weighted by molar-refractivity contribution is 6.23. The zero-order chi connectivity index (χ0) is 61.0. The Kier molecular flexibility index (Phi) is 16.7. The zero-order valence-corrected chi connectivity index (χ0v) is 51.7. The SMILES string of the molecule is CCCCN1C(=O)c2cc3nn(-c4cc(CCC(=O)OCC(C)CC(C)(C)C)cc(C(C)(C)CCC(C)(C)CC(C)(C)c5cc(-n6nc7cc8c(cc7n6)C(=O)N(CCCC)C8=O)c(O)c(C(C)(C)c6ccccc6)c5)c4O)nc3cc2C1=O. The van der Waals surface area contributed by atoms with Gasteiger partial charge >= 0.3 is 5.97 Å². The van der Waals surface area contributed by atoms with Crippen molar-refractivity contribution in [1.82, 2.24) is 39.8 Å². The van der Waals surface area contributed by atoms with Crippen LogP contribution in [-0.4, -0.2) is 99.3 Å². The molecule has 4 heterocycles. The van der Waals surface area contributed by atoms with Crippen molar-refractivity contribution in [3.63, 3.8) is 0 Å². The molecule has 5 aromatic carbocycles. The number of aromatic nitrogens is 6. The molecule has 2 N–H and O–H groups in total. The molecule has 4 amide bonds. The van der Waals surface area contributed by atoms with Gasteiger partial charge in [0.05, 0.1) is 28.9 Å². The van der Waals surface area contributed by atoms with Crippen molar-refractivity contribution in [2.75, 3.05) is 19.7 Å². The number of aryl methyl sites for hydroxylation is 1. The summed E-state index contributed by atoms with van der Waals surface area (Å²) in [6, 6.07) is 24.3. The van der Waals surface area contributed by atoms with Crippen molar-refractivity contribution in [1.29, 1.82) is 0 Å². The van der Waals surface area contributed by atoms with Gasteiger partial charge in [-0.2, -0.15) is 0 Å². The Labute approximate surface area is 493 Å². The van der Waals surface area contributed by atoms with Crippen molar-refractivity contribution in [3.05, 3.63) is 129 Å². The predicted molar refractivity (Wildman–Crippen MR) is 326 cm³/mol. The Balaban J connectivity index is 1.02. The van der Waals surface area contributed by atoms with E-state index in [1.807, 2.05) is 44.2 Å². The van der Waals surface area contributed by atoms with E-state index in [-0.39, 0.29) is 75.4 Å². The molecule has 84 heavy (non-hydrogen) atoms. The van der Waals surface area contributed by atoms with Crippen molar-refractivity contribution >= 4 is 51.7 Å². The minimum atomic E-state index is -0.674. The molecule has 0 saturated heterocycles. The van der Waals surface area contributed by atoms with Crippen molar-refractivity contribution in [3.8, 4) is 22.9 Å². The Morgan fingerprint density at radius 3 is 1.50 bits per heavy atom. The second kappa shape index (κ2) is 23.0. The van der Waals surface area contributed by atoms with Crippen molar-refractivity contribution in [2.24, 2.45) is 16.7 Å². The number of unbranched alkanes of at least 4 members (excludes halogenated alkanes) is 2. The quantitative estimate of drug-likeness (QED) is 0.0454.